The van der Waals surface area contributed by atoms with Gasteiger partial charge in [0, 0.05) is 0 Å². The van der Waals surface area contributed by atoms with Gasteiger partial charge in [0.2, 0.25) is 6.69 Å². The van der Waals surface area contributed by atoms with Gasteiger partial charge in [0.25, 0.3) is 0 Å². The third-order valence-corrected chi connectivity index (χ3v) is 13.9. The summed E-state index contributed by atoms with van der Waals surface area (Å²) in [6.45, 7) is 2.41. The minimum Gasteiger partial charge on any atom is -0.324 e. The van der Waals surface area contributed by atoms with Crippen LogP contribution in [0.4, 0.5) is 0 Å². The van der Waals surface area contributed by atoms with Gasteiger partial charge in [-0.2, -0.15) is 0 Å². The summed E-state index contributed by atoms with van der Waals surface area (Å²) >= 11 is 2.22. The molecule has 0 aromatic heterocycles. The average Bonchev–Trinajstić information content (AvgIpc) is 3.08. The minimum absolute atomic E-state index is 0.462. The Kier molecular flexibility index (Phi) is 5.77. The fourth-order valence-corrected chi connectivity index (χ4v) is 12.9. The van der Waals surface area contributed by atoms with Crippen molar-refractivity contribution in [3.8, 4) is 0 Å². The van der Waals surface area contributed by atoms with Crippen LogP contribution in [0.1, 0.15) is 51.4 Å². The van der Waals surface area contributed by atoms with Crippen LogP contribution >= 0.6 is 18.1 Å². The molecule has 2 atom stereocenters. The SMILES string of the molecule is C[N+]1(CC2CS[P+](c3ccccc3)(C3CCCCC3)O2)CCCCC1. The molecule has 2 heterocycles. The van der Waals surface area contributed by atoms with Crippen molar-refractivity contribution in [2.24, 2.45) is 0 Å². The van der Waals surface area contributed by atoms with Crippen molar-refractivity contribution in [2.75, 3.05) is 32.4 Å². The lowest BCUT2D eigenvalue weighted by Crippen LogP contribution is -2.52. The lowest BCUT2D eigenvalue weighted by molar-refractivity contribution is -0.916. The molecule has 1 aromatic rings. The van der Waals surface area contributed by atoms with Crippen molar-refractivity contribution < 1.29 is 9.01 Å². The van der Waals surface area contributed by atoms with Gasteiger partial charge in [-0.25, -0.2) is 4.52 Å². The predicted octanol–water partition coefficient (Wildman–Crippen LogP) is 5.25. The van der Waals surface area contributed by atoms with Crippen LogP contribution in [-0.4, -0.2) is 48.7 Å². The van der Waals surface area contributed by atoms with Crippen LogP contribution in [0.5, 0.6) is 0 Å². The molecule has 2 aliphatic heterocycles. The van der Waals surface area contributed by atoms with Crippen molar-refractivity contribution in [3.63, 3.8) is 0 Å². The largest absolute Gasteiger partial charge is 0.324 e. The number of piperidine rings is 1. The Bertz CT molecular complexity index is 556. The van der Waals surface area contributed by atoms with Gasteiger partial charge in [0.15, 0.2) is 6.10 Å². The zero-order valence-corrected chi connectivity index (χ0v) is 17.4. The molecule has 2 saturated heterocycles. The lowest BCUT2D eigenvalue weighted by Gasteiger charge is -2.39. The topological polar surface area (TPSA) is 9.23 Å². The Balaban J connectivity index is 1.53. The van der Waals surface area contributed by atoms with Gasteiger partial charge in [0.1, 0.15) is 17.5 Å². The highest BCUT2D eigenvalue weighted by Crippen LogP contribution is 2.79. The van der Waals surface area contributed by atoms with Crippen LogP contribution in [0.2, 0.25) is 0 Å². The minimum atomic E-state index is -1.52. The molecule has 2 nitrogen and oxygen atoms in total. The van der Waals surface area contributed by atoms with Crippen molar-refractivity contribution in [1.82, 2.24) is 0 Å². The highest BCUT2D eigenvalue weighted by Gasteiger charge is 2.59. The maximum absolute atomic E-state index is 7.10. The summed E-state index contributed by atoms with van der Waals surface area (Å²) in [7, 11) is 2.47. The third-order valence-electron chi connectivity index (χ3n) is 6.47. The van der Waals surface area contributed by atoms with E-state index in [2.05, 4.69) is 48.8 Å². The van der Waals surface area contributed by atoms with Gasteiger partial charge in [-0.05, 0) is 57.1 Å². The van der Waals surface area contributed by atoms with E-state index in [-0.39, 0.29) is 0 Å². The first-order chi connectivity index (χ1) is 12.2. The molecule has 4 rings (SSSR count). The number of hydrogen-bond donors (Lipinski definition) is 0. The molecule has 1 aromatic carbocycles. The van der Waals surface area contributed by atoms with E-state index in [0.717, 1.165) is 5.66 Å². The maximum atomic E-state index is 7.10. The zero-order chi connectivity index (χ0) is 17.2. The molecule has 4 heteroatoms. The number of quaternary nitrogens is 1. The first kappa shape index (κ1) is 18.3. The van der Waals surface area contributed by atoms with Crippen molar-refractivity contribution >= 4 is 23.4 Å². The normalized spacial score (nSPS) is 33.4. The molecule has 2 unspecified atom stereocenters. The standard InChI is InChI=1S/C21H34NOPS/c1-22(15-9-4-10-16-22)17-19-18-25-24(23-19,20-11-5-2-6-12-20)21-13-7-3-8-14-21/h2,5-6,11-12,19,21H,3-4,7-10,13-18H2,1H3/q+2. The van der Waals surface area contributed by atoms with Crippen LogP contribution in [0.15, 0.2) is 30.3 Å². The molecular formula is C21H34NOPS+2. The fourth-order valence-electron chi connectivity index (χ4n) is 5.11. The Hall–Kier alpha value is -0.0800. The maximum Gasteiger partial charge on any atom is 0.239 e. The summed E-state index contributed by atoms with van der Waals surface area (Å²) in [6.07, 6.45) is 11.7. The molecule has 1 saturated carbocycles. The first-order valence-electron chi connectivity index (χ1n) is 10.3. The molecule has 0 spiro atoms. The summed E-state index contributed by atoms with van der Waals surface area (Å²) in [6, 6.07) is 11.3. The number of nitrogens with zero attached hydrogens (tertiary/aromatic N) is 1. The molecule has 0 radical (unpaired) electrons. The quantitative estimate of drug-likeness (QED) is 0.522. The zero-order valence-electron chi connectivity index (χ0n) is 15.7. The smallest absolute Gasteiger partial charge is 0.239 e. The first-order valence-corrected chi connectivity index (χ1v) is 13.7. The number of likely N-dealkylation sites (tertiary alicyclic amines) is 1. The second-order valence-electron chi connectivity index (χ2n) is 8.56. The molecule has 138 valence electrons. The molecule has 0 bridgehead atoms. The Morgan fingerprint density at radius 1 is 1.00 bits per heavy atom. The highest BCUT2D eigenvalue weighted by molar-refractivity contribution is 8.63. The lowest BCUT2D eigenvalue weighted by atomic mass is 10.0. The molecule has 0 amide bonds. The Morgan fingerprint density at radius 3 is 2.40 bits per heavy atom. The molecule has 1 aliphatic carbocycles. The molecule has 0 N–H and O–H groups in total. The fraction of sp³-hybridized carbons (Fsp3) is 0.714. The van der Waals surface area contributed by atoms with Gasteiger partial charge in [-0.15, -0.1) is 0 Å². The van der Waals surface area contributed by atoms with Crippen molar-refractivity contribution in [3.05, 3.63) is 30.3 Å². The summed E-state index contributed by atoms with van der Waals surface area (Å²) in [5, 5.41) is 1.52. The van der Waals surface area contributed by atoms with Gasteiger partial charge in [-0.3, -0.25) is 0 Å². The Labute approximate surface area is 158 Å². The number of likely N-dealkylation sites (N-methyl/N-ethyl adjacent to an activating group) is 1. The third kappa shape index (κ3) is 3.95. The number of hydrogen-bond acceptors (Lipinski definition) is 2. The van der Waals surface area contributed by atoms with Gasteiger partial charge in [-0.1, -0.05) is 24.6 Å². The summed E-state index contributed by atoms with van der Waals surface area (Å²) in [5.41, 5.74) is 0.797. The second kappa shape index (κ2) is 7.89. The van der Waals surface area contributed by atoms with Crippen LogP contribution in [0.25, 0.3) is 0 Å². The van der Waals surface area contributed by atoms with Gasteiger partial charge in [0.05, 0.1) is 37.3 Å². The number of benzene rings is 1. The van der Waals surface area contributed by atoms with E-state index in [0.29, 0.717) is 6.10 Å². The van der Waals surface area contributed by atoms with Crippen LogP contribution in [0.3, 0.4) is 0 Å². The van der Waals surface area contributed by atoms with E-state index >= 15 is 0 Å². The highest BCUT2D eigenvalue weighted by atomic mass is 32.7. The van der Waals surface area contributed by atoms with Gasteiger partial charge < -0.3 is 4.48 Å². The van der Waals surface area contributed by atoms with Crippen molar-refractivity contribution in [2.45, 2.75) is 63.1 Å². The van der Waals surface area contributed by atoms with Crippen LogP contribution in [0, 0.1) is 0 Å². The predicted molar refractivity (Wildman–Crippen MR) is 112 cm³/mol. The van der Waals surface area contributed by atoms with Crippen LogP contribution in [-0.2, 0) is 4.52 Å². The average molecular weight is 380 g/mol. The van der Waals surface area contributed by atoms with Crippen LogP contribution < -0.4 is 5.30 Å². The number of rotatable bonds is 4. The second-order valence-corrected chi connectivity index (χ2v) is 14.2. The summed E-state index contributed by atoms with van der Waals surface area (Å²) in [5.74, 6) is 1.22. The van der Waals surface area contributed by atoms with E-state index < -0.39 is 6.69 Å². The monoisotopic (exact) mass is 379 g/mol. The van der Waals surface area contributed by atoms with E-state index in [1.165, 1.54) is 86.5 Å². The van der Waals surface area contributed by atoms with Crippen molar-refractivity contribution in [1.29, 1.82) is 0 Å². The van der Waals surface area contributed by atoms with E-state index in [1.807, 2.05) is 0 Å². The van der Waals surface area contributed by atoms with Gasteiger partial charge >= 0.3 is 0 Å². The Morgan fingerprint density at radius 2 is 1.68 bits per heavy atom. The van der Waals surface area contributed by atoms with E-state index in [9.17, 15) is 0 Å². The molecular weight excluding hydrogens is 345 g/mol. The molecule has 25 heavy (non-hydrogen) atoms. The van der Waals surface area contributed by atoms with E-state index in [1.54, 1.807) is 0 Å². The summed E-state index contributed by atoms with van der Waals surface area (Å²) < 4.78 is 8.34. The summed E-state index contributed by atoms with van der Waals surface area (Å²) in [4.78, 5) is 0. The molecule has 3 fully saturated rings. The van der Waals surface area contributed by atoms with E-state index in [4.69, 9.17) is 4.52 Å². The molecule has 3 aliphatic rings.